The van der Waals surface area contributed by atoms with Crippen LogP contribution in [-0.2, 0) is 4.79 Å². The Kier molecular flexibility index (Phi) is 5.17. The molecule has 1 amide bonds. The van der Waals surface area contributed by atoms with Gasteiger partial charge < -0.3 is 15.7 Å². The van der Waals surface area contributed by atoms with E-state index in [1.807, 2.05) is 20.8 Å². The second-order valence-corrected chi connectivity index (χ2v) is 6.26. The number of hydrogen-bond donors (Lipinski definition) is 3. The molecule has 0 spiro atoms. The normalized spacial score (nSPS) is 20.7. The van der Waals surface area contributed by atoms with Gasteiger partial charge in [-0.3, -0.25) is 4.79 Å². The fourth-order valence-corrected chi connectivity index (χ4v) is 2.18. The molecular formula is C14H28N2O2. The molecule has 1 aliphatic carbocycles. The highest BCUT2D eigenvalue weighted by atomic mass is 16.3. The first-order valence-corrected chi connectivity index (χ1v) is 7.06. The lowest BCUT2D eigenvalue weighted by Gasteiger charge is -2.29. The molecular weight excluding hydrogens is 228 g/mol. The Hall–Kier alpha value is -0.610. The second kappa shape index (κ2) is 6.02. The summed E-state index contributed by atoms with van der Waals surface area (Å²) in [5.41, 5.74) is -0.772. The van der Waals surface area contributed by atoms with Gasteiger partial charge in [0.25, 0.3) is 0 Å². The zero-order valence-electron chi connectivity index (χ0n) is 12.2. The highest BCUT2D eigenvalue weighted by Crippen LogP contribution is 2.28. The van der Waals surface area contributed by atoms with Gasteiger partial charge in [0.15, 0.2) is 0 Å². The number of carbonyl (C=O) groups excluding carboxylic acids is 1. The molecule has 0 saturated heterocycles. The maximum absolute atomic E-state index is 12.0. The summed E-state index contributed by atoms with van der Waals surface area (Å²) >= 11 is 0. The van der Waals surface area contributed by atoms with Crippen molar-refractivity contribution < 1.29 is 9.90 Å². The average molecular weight is 256 g/mol. The minimum atomic E-state index is -0.602. The summed E-state index contributed by atoms with van der Waals surface area (Å²) in [7, 11) is 0. The lowest BCUT2D eigenvalue weighted by molar-refractivity contribution is -0.124. The number of hydrogen-bond acceptors (Lipinski definition) is 3. The van der Waals surface area contributed by atoms with E-state index in [2.05, 4.69) is 17.6 Å². The van der Waals surface area contributed by atoms with Gasteiger partial charge in [0.05, 0.1) is 11.6 Å². The minimum absolute atomic E-state index is 0.00319. The molecule has 1 saturated carbocycles. The highest BCUT2D eigenvalue weighted by molar-refractivity contribution is 5.81. The fourth-order valence-electron chi connectivity index (χ4n) is 2.18. The maximum Gasteiger partial charge on any atom is 0.237 e. The summed E-state index contributed by atoms with van der Waals surface area (Å²) in [4.78, 5) is 12.0. The van der Waals surface area contributed by atoms with Crippen LogP contribution in [-0.4, -0.2) is 34.7 Å². The van der Waals surface area contributed by atoms with Crippen molar-refractivity contribution in [3.8, 4) is 0 Å². The summed E-state index contributed by atoms with van der Waals surface area (Å²) in [5, 5.41) is 16.4. The number of carbonyl (C=O) groups is 1. The molecule has 0 aromatic heterocycles. The lowest BCUT2D eigenvalue weighted by Crippen LogP contribution is -2.53. The number of amides is 1. The Morgan fingerprint density at radius 2 is 1.94 bits per heavy atom. The highest BCUT2D eigenvalue weighted by Gasteiger charge is 2.32. The Bertz CT molecular complexity index is 284. The van der Waals surface area contributed by atoms with E-state index in [0.717, 1.165) is 32.1 Å². The summed E-state index contributed by atoms with van der Waals surface area (Å²) in [6, 6.07) is -0.263. The van der Waals surface area contributed by atoms with Crippen molar-refractivity contribution in [2.45, 2.75) is 77.0 Å². The number of rotatable bonds is 6. The Labute approximate surface area is 111 Å². The third-order valence-corrected chi connectivity index (χ3v) is 4.01. The van der Waals surface area contributed by atoms with E-state index in [-0.39, 0.29) is 17.5 Å². The molecule has 0 bridgehead atoms. The summed E-state index contributed by atoms with van der Waals surface area (Å²) in [6.07, 6.45) is 4.75. The third kappa shape index (κ3) is 4.58. The van der Waals surface area contributed by atoms with E-state index in [1.54, 1.807) is 0 Å². The van der Waals surface area contributed by atoms with E-state index in [1.165, 1.54) is 0 Å². The first kappa shape index (κ1) is 15.4. The molecule has 18 heavy (non-hydrogen) atoms. The summed E-state index contributed by atoms with van der Waals surface area (Å²) < 4.78 is 0. The molecule has 0 aromatic carbocycles. The van der Waals surface area contributed by atoms with Gasteiger partial charge in [0, 0.05) is 12.1 Å². The van der Waals surface area contributed by atoms with Gasteiger partial charge >= 0.3 is 0 Å². The molecule has 1 unspecified atom stereocenters. The molecule has 4 heteroatoms. The van der Waals surface area contributed by atoms with E-state index in [4.69, 9.17) is 0 Å². The third-order valence-electron chi connectivity index (χ3n) is 4.01. The predicted molar refractivity (Wildman–Crippen MR) is 73.4 cm³/mol. The van der Waals surface area contributed by atoms with Gasteiger partial charge in [-0.15, -0.1) is 0 Å². The quantitative estimate of drug-likeness (QED) is 0.676. The lowest BCUT2D eigenvalue weighted by atomic mass is 10.0. The van der Waals surface area contributed by atoms with Gasteiger partial charge in [0.1, 0.15) is 0 Å². The molecule has 3 N–H and O–H groups in total. The molecule has 1 fully saturated rings. The van der Waals surface area contributed by atoms with Crippen LogP contribution in [0.4, 0.5) is 0 Å². The monoisotopic (exact) mass is 256 g/mol. The molecule has 1 atom stereocenters. The van der Waals surface area contributed by atoms with Gasteiger partial charge in [-0.1, -0.05) is 19.8 Å². The zero-order chi connectivity index (χ0) is 13.8. The molecule has 0 radical (unpaired) electrons. The first-order valence-electron chi connectivity index (χ1n) is 7.06. The number of aliphatic hydroxyl groups is 1. The van der Waals surface area contributed by atoms with Crippen molar-refractivity contribution in [2.24, 2.45) is 0 Å². The summed E-state index contributed by atoms with van der Waals surface area (Å²) in [5.74, 6) is 0.00319. The van der Waals surface area contributed by atoms with Crippen LogP contribution in [0.5, 0.6) is 0 Å². The predicted octanol–water partition coefficient (Wildman–Crippen LogP) is 1.57. The largest absolute Gasteiger partial charge is 0.389 e. The van der Waals surface area contributed by atoms with Crippen molar-refractivity contribution in [3.63, 3.8) is 0 Å². The summed E-state index contributed by atoms with van der Waals surface area (Å²) in [6.45, 7) is 8.44. The standard InChI is InChI=1S/C14H28N2O2/c1-5-13(3,4)16-12(17)11(2)15-10-14(18)8-6-7-9-14/h11,15,18H,5-10H2,1-4H3,(H,16,17). The van der Waals surface area contributed by atoms with E-state index in [9.17, 15) is 9.90 Å². The molecule has 1 rings (SSSR count). The molecule has 106 valence electrons. The van der Waals surface area contributed by atoms with Crippen LogP contribution in [0.25, 0.3) is 0 Å². The number of nitrogens with one attached hydrogen (secondary N) is 2. The Morgan fingerprint density at radius 1 is 1.39 bits per heavy atom. The van der Waals surface area contributed by atoms with Crippen molar-refractivity contribution >= 4 is 5.91 Å². The van der Waals surface area contributed by atoms with Crippen LogP contribution in [0.15, 0.2) is 0 Å². The van der Waals surface area contributed by atoms with E-state index < -0.39 is 5.60 Å². The Morgan fingerprint density at radius 3 is 2.44 bits per heavy atom. The molecule has 1 aliphatic rings. The first-order chi connectivity index (χ1) is 8.28. The van der Waals surface area contributed by atoms with Crippen LogP contribution < -0.4 is 10.6 Å². The smallest absolute Gasteiger partial charge is 0.237 e. The van der Waals surface area contributed by atoms with Crippen LogP contribution in [0.3, 0.4) is 0 Å². The van der Waals surface area contributed by atoms with Crippen molar-refractivity contribution in [1.29, 1.82) is 0 Å². The van der Waals surface area contributed by atoms with Crippen LogP contribution in [0.1, 0.15) is 59.8 Å². The van der Waals surface area contributed by atoms with E-state index >= 15 is 0 Å². The van der Waals surface area contributed by atoms with Crippen LogP contribution in [0, 0.1) is 0 Å². The molecule has 0 aliphatic heterocycles. The van der Waals surface area contributed by atoms with Crippen molar-refractivity contribution in [3.05, 3.63) is 0 Å². The van der Waals surface area contributed by atoms with Crippen molar-refractivity contribution in [1.82, 2.24) is 10.6 Å². The minimum Gasteiger partial charge on any atom is -0.389 e. The van der Waals surface area contributed by atoms with Gasteiger partial charge in [-0.2, -0.15) is 0 Å². The molecule has 0 heterocycles. The van der Waals surface area contributed by atoms with Crippen molar-refractivity contribution in [2.75, 3.05) is 6.54 Å². The van der Waals surface area contributed by atoms with Gasteiger partial charge in [-0.25, -0.2) is 0 Å². The topological polar surface area (TPSA) is 61.4 Å². The zero-order valence-corrected chi connectivity index (χ0v) is 12.2. The molecule has 0 aromatic rings. The maximum atomic E-state index is 12.0. The van der Waals surface area contributed by atoms with Crippen LogP contribution >= 0.6 is 0 Å². The van der Waals surface area contributed by atoms with Crippen LogP contribution in [0.2, 0.25) is 0 Å². The Balaban J connectivity index is 2.36. The SMILES string of the molecule is CCC(C)(C)NC(=O)C(C)NCC1(O)CCCC1. The average Bonchev–Trinajstić information content (AvgIpc) is 2.73. The fraction of sp³-hybridized carbons (Fsp3) is 0.929. The van der Waals surface area contributed by atoms with E-state index in [0.29, 0.717) is 6.54 Å². The van der Waals surface area contributed by atoms with Gasteiger partial charge in [0.2, 0.25) is 5.91 Å². The van der Waals surface area contributed by atoms with Gasteiger partial charge in [-0.05, 0) is 40.0 Å². The molecule has 4 nitrogen and oxygen atoms in total. The second-order valence-electron chi connectivity index (χ2n) is 6.26.